The molecule has 138 valence electrons. The third kappa shape index (κ3) is 6.91. The molecule has 5 nitrogen and oxygen atoms in total. The van der Waals surface area contributed by atoms with E-state index in [0.717, 1.165) is 23.0 Å². The molecule has 0 radical (unpaired) electrons. The second-order valence-corrected chi connectivity index (χ2v) is 6.97. The number of halogens is 2. The number of aryl methyl sites for hydroxylation is 2. The van der Waals surface area contributed by atoms with E-state index in [0.29, 0.717) is 5.41 Å². The summed E-state index contributed by atoms with van der Waals surface area (Å²) >= 11 is 0. The van der Waals surface area contributed by atoms with Gasteiger partial charge < -0.3 is 10.8 Å². The number of nitrogens with zero attached hydrogens (tertiary/aromatic N) is 2. The van der Waals surface area contributed by atoms with Gasteiger partial charge in [0.2, 0.25) is 0 Å². The molecule has 1 heterocycles. The van der Waals surface area contributed by atoms with Gasteiger partial charge in [-0.05, 0) is 29.9 Å². The zero-order valence-corrected chi connectivity index (χ0v) is 15.0. The van der Waals surface area contributed by atoms with E-state index in [1.165, 1.54) is 19.0 Å². The van der Waals surface area contributed by atoms with Gasteiger partial charge in [-0.1, -0.05) is 39.0 Å². The summed E-state index contributed by atoms with van der Waals surface area (Å²) in [5.74, 6) is -1.39. The van der Waals surface area contributed by atoms with Crippen LogP contribution in [0.1, 0.15) is 55.2 Å². The van der Waals surface area contributed by atoms with E-state index in [-0.39, 0.29) is 0 Å². The Bertz CT molecular complexity index is 707. The minimum Gasteiger partial charge on any atom is -0.478 e. The maximum Gasteiger partial charge on any atom is 0.339 e. The van der Waals surface area contributed by atoms with Gasteiger partial charge in [-0.25, -0.2) is 13.6 Å². The number of nitrogens with two attached hydrogens (primary N) is 1. The molecule has 2 aromatic rings. The molecule has 0 saturated carbocycles. The first-order chi connectivity index (χ1) is 11.5. The number of para-hydroxylation sites is 1. The number of alkyl halides is 2. The van der Waals surface area contributed by atoms with E-state index in [1.807, 2.05) is 18.2 Å². The third-order valence-corrected chi connectivity index (χ3v) is 3.49. The van der Waals surface area contributed by atoms with Gasteiger partial charge in [-0.3, -0.25) is 4.68 Å². The molecule has 0 atom stereocenters. The van der Waals surface area contributed by atoms with Crippen molar-refractivity contribution in [1.82, 2.24) is 9.78 Å². The number of carbonyl (C=O) groups is 1. The Hall–Kier alpha value is -2.44. The zero-order chi connectivity index (χ0) is 19.2. The first-order valence-corrected chi connectivity index (χ1v) is 7.89. The Balaban J connectivity index is 0.000000251. The van der Waals surface area contributed by atoms with Crippen molar-refractivity contribution in [1.29, 1.82) is 0 Å². The molecule has 0 unspecified atom stereocenters. The highest BCUT2D eigenvalue weighted by atomic mass is 19.3. The Morgan fingerprint density at radius 3 is 2.36 bits per heavy atom. The molecule has 0 amide bonds. The predicted octanol–water partition coefficient (Wildman–Crippen LogP) is 4.30. The molecule has 0 bridgehead atoms. The largest absolute Gasteiger partial charge is 0.478 e. The summed E-state index contributed by atoms with van der Waals surface area (Å²) in [5.41, 5.74) is 7.30. The fourth-order valence-corrected chi connectivity index (χ4v) is 2.10. The second-order valence-electron chi connectivity index (χ2n) is 6.97. The third-order valence-electron chi connectivity index (χ3n) is 3.49. The van der Waals surface area contributed by atoms with Crippen molar-refractivity contribution in [2.45, 2.75) is 40.0 Å². The number of carboxylic acids is 1. The van der Waals surface area contributed by atoms with Crippen molar-refractivity contribution >= 4 is 11.7 Å². The minimum atomic E-state index is -2.85. The quantitative estimate of drug-likeness (QED) is 0.803. The number of nitrogen functional groups attached to an aromatic ring is 1. The van der Waals surface area contributed by atoms with E-state index in [1.54, 1.807) is 0 Å². The number of anilines is 1. The molecule has 0 aliphatic rings. The summed E-state index contributed by atoms with van der Waals surface area (Å²) in [5, 5.41) is 11.8. The molecule has 0 fully saturated rings. The van der Waals surface area contributed by atoms with Crippen LogP contribution in [0, 0.1) is 5.41 Å². The van der Waals surface area contributed by atoms with Crippen molar-refractivity contribution in [3.63, 3.8) is 0 Å². The molecule has 0 spiro atoms. The second kappa shape index (κ2) is 8.60. The van der Waals surface area contributed by atoms with Gasteiger partial charge in [-0.2, -0.15) is 5.10 Å². The fourth-order valence-electron chi connectivity index (χ4n) is 2.10. The van der Waals surface area contributed by atoms with Crippen LogP contribution < -0.4 is 5.73 Å². The smallest absolute Gasteiger partial charge is 0.339 e. The monoisotopic (exact) mass is 353 g/mol. The number of hydrogen-bond acceptors (Lipinski definition) is 3. The minimum absolute atomic E-state index is 0.391. The average molecular weight is 353 g/mol. The van der Waals surface area contributed by atoms with Gasteiger partial charge in [0.1, 0.15) is 11.3 Å². The average Bonchev–Trinajstić information content (AvgIpc) is 2.89. The summed E-state index contributed by atoms with van der Waals surface area (Å²) in [4.78, 5) is 10.4. The molecule has 2 rings (SSSR count). The van der Waals surface area contributed by atoms with Crippen LogP contribution >= 0.6 is 0 Å². The lowest BCUT2D eigenvalue weighted by Gasteiger charge is -2.18. The van der Waals surface area contributed by atoms with E-state index in [9.17, 15) is 13.6 Å². The first-order valence-electron chi connectivity index (χ1n) is 7.89. The number of aromatic carboxylic acids is 1. The van der Waals surface area contributed by atoms with E-state index >= 15 is 0 Å². The molecule has 0 aliphatic carbocycles. The fraction of sp³-hybridized carbons (Fsp3) is 0.444. The highest BCUT2D eigenvalue weighted by Gasteiger charge is 2.21. The molecule has 7 heteroatoms. The molecule has 1 aromatic carbocycles. The topological polar surface area (TPSA) is 81.1 Å². The molecular formula is C18H25F2N3O2. The van der Waals surface area contributed by atoms with E-state index in [2.05, 4.69) is 31.9 Å². The van der Waals surface area contributed by atoms with Crippen LogP contribution in [0.3, 0.4) is 0 Å². The zero-order valence-electron chi connectivity index (χ0n) is 15.0. The number of benzene rings is 1. The van der Waals surface area contributed by atoms with Crippen molar-refractivity contribution < 1.29 is 18.7 Å². The number of hydrogen-bond donors (Lipinski definition) is 2. The molecule has 0 aliphatic heterocycles. The van der Waals surface area contributed by atoms with E-state index < -0.39 is 23.7 Å². The maximum absolute atomic E-state index is 12.1. The summed E-state index contributed by atoms with van der Waals surface area (Å²) in [6.07, 6.45) is 0.457. The Morgan fingerprint density at radius 1 is 1.32 bits per heavy atom. The van der Waals surface area contributed by atoms with Crippen LogP contribution in [0.4, 0.5) is 14.5 Å². The first kappa shape index (κ1) is 20.6. The van der Waals surface area contributed by atoms with Crippen molar-refractivity contribution in [2.24, 2.45) is 12.5 Å². The standard InChI is InChI=1S/C12H19N.C6H6F2N2O2/c1-12(2,3)9-8-10-6-4-5-7-11(10)13;1-10-2-3(6(11)12)4(9-10)5(7)8/h4-7H,8-9,13H2,1-3H3;2,5H,1H3,(H,11,12). The Kier molecular flexibility index (Phi) is 7.09. The summed E-state index contributed by atoms with van der Waals surface area (Å²) in [6, 6.07) is 8.11. The van der Waals surface area contributed by atoms with Gasteiger partial charge in [0, 0.05) is 18.9 Å². The Morgan fingerprint density at radius 2 is 1.92 bits per heavy atom. The van der Waals surface area contributed by atoms with Crippen LogP contribution in [0.15, 0.2) is 30.5 Å². The predicted molar refractivity (Wildman–Crippen MR) is 93.8 cm³/mol. The van der Waals surface area contributed by atoms with Gasteiger partial charge in [-0.15, -0.1) is 0 Å². The van der Waals surface area contributed by atoms with Gasteiger partial charge in [0.05, 0.1) is 0 Å². The van der Waals surface area contributed by atoms with Gasteiger partial charge in [0.25, 0.3) is 6.43 Å². The maximum atomic E-state index is 12.1. The van der Waals surface area contributed by atoms with E-state index in [4.69, 9.17) is 10.8 Å². The molecule has 3 N–H and O–H groups in total. The SMILES string of the molecule is CC(C)(C)CCc1ccccc1N.Cn1cc(C(=O)O)c(C(F)F)n1. The van der Waals surface area contributed by atoms with Crippen LogP contribution in [0.2, 0.25) is 0 Å². The summed E-state index contributed by atoms with van der Waals surface area (Å²) in [7, 11) is 1.39. The number of aromatic nitrogens is 2. The van der Waals surface area contributed by atoms with Gasteiger partial charge >= 0.3 is 5.97 Å². The normalized spacial score (nSPS) is 11.2. The van der Waals surface area contributed by atoms with Gasteiger partial charge in [0.15, 0.2) is 0 Å². The lowest BCUT2D eigenvalue weighted by Crippen LogP contribution is -2.07. The molecule has 0 saturated heterocycles. The van der Waals surface area contributed by atoms with Crippen LogP contribution in [0.5, 0.6) is 0 Å². The highest BCUT2D eigenvalue weighted by Crippen LogP contribution is 2.23. The van der Waals surface area contributed by atoms with Crippen molar-refractivity contribution in [3.8, 4) is 0 Å². The lowest BCUT2D eigenvalue weighted by atomic mass is 9.88. The molecule has 1 aromatic heterocycles. The molecule has 25 heavy (non-hydrogen) atoms. The number of rotatable bonds is 4. The van der Waals surface area contributed by atoms with Crippen LogP contribution in [0.25, 0.3) is 0 Å². The highest BCUT2D eigenvalue weighted by molar-refractivity contribution is 5.88. The van der Waals surface area contributed by atoms with Crippen molar-refractivity contribution in [3.05, 3.63) is 47.3 Å². The Labute approximate surface area is 146 Å². The van der Waals surface area contributed by atoms with Crippen LogP contribution in [-0.4, -0.2) is 20.9 Å². The summed E-state index contributed by atoms with van der Waals surface area (Å²) in [6.45, 7) is 6.77. The number of carboxylic acid groups (broad SMARTS) is 1. The van der Waals surface area contributed by atoms with Crippen LogP contribution in [-0.2, 0) is 13.5 Å². The molecular weight excluding hydrogens is 328 g/mol. The van der Waals surface area contributed by atoms with Crippen molar-refractivity contribution in [2.75, 3.05) is 5.73 Å². The summed E-state index contributed by atoms with van der Waals surface area (Å²) < 4.78 is 25.2. The lowest BCUT2D eigenvalue weighted by molar-refractivity contribution is 0.0684.